The lowest BCUT2D eigenvalue weighted by atomic mass is 10.1. The lowest BCUT2D eigenvalue weighted by molar-refractivity contribution is 1.21. The summed E-state index contributed by atoms with van der Waals surface area (Å²) in [7, 11) is 0. The van der Waals surface area contributed by atoms with Crippen molar-refractivity contribution in [2.75, 3.05) is 0 Å². The molecule has 0 aromatic heterocycles. The molecule has 3 nitrogen and oxygen atoms in total. The van der Waals surface area contributed by atoms with Gasteiger partial charge in [0.25, 0.3) is 0 Å². The third kappa shape index (κ3) is 6.43. The normalized spacial score (nSPS) is 8.67. The number of nitrogens with one attached hydrogen (secondary N) is 2. The van der Waals surface area contributed by atoms with Gasteiger partial charge in [0.05, 0.1) is 5.84 Å². The molecule has 1 aromatic rings. The van der Waals surface area contributed by atoms with Gasteiger partial charge in [-0.25, -0.2) is 0 Å². The summed E-state index contributed by atoms with van der Waals surface area (Å²) in [5.74, 6) is 0.0564. The highest BCUT2D eigenvalue weighted by Gasteiger charge is 2.00. The molecule has 0 aliphatic rings. The van der Waals surface area contributed by atoms with E-state index in [1.54, 1.807) is 0 Å². The summed E-state index contributed by atoms with van der Waals surface area (Å²) < 4.78 is 0. The smallest absolute Gasteiger partial charge is 0.0962 e. The Balaban J connectivity index is 0.000000921. The van der Waals surface area contributed by atoms with Crippen LogP contribution in [0.2, 0.25) is 0 Å². The lowest BCUT2D eigenvalue weighted by Crippen LogP contribution is -2.16. The molecule has 0 unspecified atom stereocenters. The van der Waals surface area contributed by atoms with E-state index in [0.29, 0.717) is 12.1 Å². The fraction of sp³-hybridized carbons (Fsp3) is 0.333. The van der Waals surface area contributed by atoms with Gasteiger partial charge in [-0.2, -0.15) is 0 Å². The van der Waals surface area contributed by atoms with Crippen molar-refractivity contribution in [3.05, 3.63) is 35.9 Å². The standard InChI is InChI=1S/C10H13N3.C2H6/c11-9(7-10(12)13)6-8-4-2-1-3-5-8;1-2/h1-5,11H,6-7H2,(H3,12,13);1-2H3. The highest BCUT2D eigenvalue weighted by molar-refractivity contribution is 6.00. The molecule has 0 radical (unpaired) electrons. The highest BCUT2D eigenvalue weighted by atomic mass is 14.7. The van der Waals surface area contributed by atoms with Crippen molar-refractivity contribution in [1.82, 2.24) is 0 Å². The molecule has 0 spiro atoms. The Kier molecular flexibility index (Phi) is 6.89. The molecule has 0 atom stereocenters. The van der Waals surface area contributed by atoms with Crippen molar-refractivity contribution in [1.29, 1.82) is 10.8 Å². The molecular formula is C12H19N3. The molecule has 0 aliphatic carbocycles. The molecule has 0 amide bonds. The molecule has 4 N–H and O–H groups in total. The maximum Gasteiger partial charge on any atom is 0.0962 e. The van der Waals surface area contributed by atoms with Crippen LogP contribution in [0.25, 0.3) is 0 Å². The van der Waals surface area contributed by atoms with E-state index < -0.39 is 0 Å². The van der Waals surface area contributed by atoms with Crippen LogP contribution in [0.1, 0.15) is 25.8 Å². The number of benzene rings is 1. The van der Waals surface area contributed by atoms with Crippen molar-refractivity contribution >= 4 is 11.5 Å². The van der Waals surface area contributed by atoms with Crippen molar-refractivity contribution in [2.45, 2.75) is 26.7 Å². The molecule has 1 aromatic carbocycles. The number of hydrogen-bond acceptors (Lipinski definition) is 2. The molecule has 0 saturated heterocycles. The third-order valence-corrected chi connectivity index (χ3v) is 1.66. The van der Waals surface area contributed by atoms with E-state index in [4.69, 9.17) is 16.6 Å². The zero-order valence-corrected chi connectivity index (χ0v) is 9.38. The summed E-state index contributed by atoms with van der Waals surface area (Å²) in [6, 6.07) is 9.76. The second-order valence-electron chi connectivity index (χ2n) is 2.97. The van der Waals surface area contributed by atoms with Crippen LogP contribution in [0, 0.1) is 10.8 Å². The summed E-state index contributed by atoms with van der Waals surface area (Å²) in [5.41, 5.74) is 6.77. The van der Waals surface area contributed by atoms with Gasteiger partial charge in [-0.3, -0.25) is 5.41 Å². The van der Waals surface area contributed by atoms with E-state index in [-0.39, 0.29) is 12.3 Å². The van der Waals surface area contributed by atoms with Gasteiger partial charge in [0.2, 0.25) is 0 Å². The van der Waals surface area contributed by atoms with Crippen molar-refractivity contribution in [3.8, 4) is 0 Å². The van der Waals surface area contributed by atoms with Crippen LogP contribution >= 0.6 is 0 Å². The summed E-state index contributed by atoms with van der Waals surface area (Å²) >= 11 is 0. The van der Waals surface area contributed by atoms with Crippen LogP contribution in [0.5, 0.6) is 0 Å². The lowest BCUT2D eigenvalue weighted by Gasteiger charge is -2.02. The van der Waals surface area contributed by atoms with Gasteiger partial charge in [-0.1, -0.05) is 44.2 Å². The third-order valence-electron chi connectivity index (χ3n) is 1.66. The van der Waals surface area contributed by atoms with E-state index in [1.165, 1.54) is 0 Å². The average Bonchev–Trinajstić information content (AvgIpc) is 2.21. The van der Waals surface area contributed by atoms with Gasteiger partial charge in [0, 0.05) is 18.6 Å². The van der Waals surface area contributed by atoms with E-state index in [9.17, 15) is 0 Å². The molecule has 1 rings (SSSR count). The summed E-state index contributed by atoms with van der Waals surface area (Å²) in [5, 5.41) is 14.6. The predicted octanol–water partition coefficient (Wildman–Crippen LogP) is 2.60. The maximum absolute atomic E-state index is 7.54. The minimum absolute atomic E-state index is 0.0564. The Hall–Kier alpha value is -1.64. The molecular weight excluding hydrogens is 186 g/mol. The average molecular weight is 205 g/mol. The topological polar surface area (TPSA) is 73.7 Å². The first kappa shape index (κ1) is 13.4. The van der Waals surface area contributed by atoms with E-state index in [2.05, 4.69) is 0 Å². The Labute approximate surface area is 91.3 Å². The van der Waals surface area contributed by atoms with Crippen LogP contribution in [-0.2, 0) is 6.42 Å². The van der Waals surface area contributed by atoms with E-state index >= 15 is 0 Å². The first-order valence-corrected chi connectivity index (χ1v) is 5.11. The molecule has 0 aliphatic heterocycles. The molecule has 0 bridgehead atoms. The minimum Gasteiger partial charge on any atom is -0.387 e. The number of nitrogens with two attached hydrogens (primary N) is 1. The van der Waals surface area contributed by atoms with Gasteiger partial charge in [0.15, 0.2) is 0 Å². The molecule has 0 saturated carbocycles. The quantitative estimate of drug-likeness (QED) is 0.513. The van der Waals surface area contributed by atoms with E-state index in [0.717, 1.165) is 5.56 Å². The second-order valence-corrected chi connectivity index (χ2v) is 2.97. The minimum atomic E-state index is 0.0564. The molecule has 0 fully saturated rings. The Morgan fingerprint density at radius 2 is 1.67 bits per heavy atom. The monoisotopic (exact) mass is 205 g/mol. The molecule has 0 heterocycles. The molecule has 82 valence electrons. The first-order valence-electron chi connectivity index (χ1n) is 5.11. The summed E-state index contributed by atoms with van der Waals surface area (Å²) in [6.45, 7) is 4.00. The van der Waals surface area contributed by atoms with Crippen molar-refractivity contribution in [2.24, 2.45) is 5.73 Å². The second kappa shape index (κ2) is 7.74. The maximum atomic E-state index is 7.54. The van der Waals surface area contributed by atoms with Crippen molar-refractivity contribution < 1.29 is 0 Å². The summed E-state index contributed by atoms with van der Waals surface area (Å²) in [6.07, 6.45) is 0.856. The number of amidine groups is 1. The Morgan fingerprint density at radius 3 is 2.13 bits per heavy atom. The zero-order valence-electron chi connectivity index (χ0n) is 9.38. The first-order chi connectivity index (χ1) is 7.18. The zero-order chi connectivity index (χ0) is 11.7. The number of rotatable bonds is 4. The predicted molar refractivity (Wildman–Crippen MR) is 65.8 cm³/mol. The Bertz CT molecular complexity index is 304. The van der Waals surface area contributed by atoms with Gasteiger partial charge in [-0.05, 0) is 5.56 Å². The van der Waals surface area contributed by atoms with Crippen molar-refractivity contribution in [3.63, 3.8) is 0 Å². The van der Waals surface area contributed by atoms with Gasteiger partial charge < -0.3 is 11.1 Å². The van der Waals surface area contributed by atoms with E-state index in [1.807, 2.05) is 44.2 Å². The van der Waals surface area contributed by atoms with Crippen LogP contribution in [0.3, 0.4) is 0 Å². The summed E-state index contributed by atoms with van der Waals surface area (Å²) in [4.78, 5) is 0. The fourth-order valence-electron chi connectivity index (χ4n) is 1.13. The largest absolute Gasteiger partial charge is 0.387 e. The van der Waals surface area contributed by atoms with Gasteiger partial charge in [-0.15, -0.1) is 0 Å². The van der Waals surface area contributed by atoms with Crippen LogP contribution < -0.4 is 5.73 Å². The SMILES string of the molecule is CC.N=C(N)CC(=N)Cc1ccccc1. The highest BCUT2D eigenvalue weighted by Crippen LogP contribution is 2.01. The number of hydrogen-bond donors (Lipinski definition) is 3. The fourth-order valence-corrected chi connectivity index (χ4v) is 1.13. The van der Waals surface area contributed by atoms with Gasteiger partial charge >= 0.3 is 0 Å². The Morgan fingerprint density at radius 1 is 1.13 bits per heavy atom. The van der Waals surface area contributed by atoms with Gasteiger partial charge in [0.1, 0.15) is 0 Å². The van der Waals surface area contributed by atoms with Crippen LogP contribution in [0.15, 0.2) is 30.3 Å². The molecule has 15 heavy (non-hydrogen) atoms. The molecule has 3 heteroatoms. The van der Waals surface area contributed by atoms with Crippen LogP contribution in [0.4, 0.5) is 0 Å². The van der Waals surface area contributed by atoms with Crippen LogP contribution in [-0.4, -0.2) is 11.5 Å².